The first kappa shape index (κ1) is 20.7. The maximum atomic E-state index is 13.3. The minimum absolute atomic E-state index is 0.0111. The quantitative estimate of drug-likeness (QED) is 0.608. The number of carbonyl (C=O) groups excluding carboxylic acids is 1. The Balaban J connectivity index is 1.55. The van der Waals surface area contributed by atoms with Crippen molar-refractivity contribution in [2.75, 3.05) is 5.32 Å². The van der Waals surface area contributed by atoms with E-state index < -0.39 is 18.1 Å². The number of amides is 1. The first-order valence-electron chi connectivity index (χ1n) is 9.80. The van der Waals surface area contributed by atoms with Crippen LogP contribution in [-0.4, -0.2) is 26.6 Å². The lowest BCUT2D eigenvalue weighted by Crippen LogP contribution is -2.30. The molecular formula is C23H19F3N4O. The molecular weight excluding hydrogens is 405 g/mol. The minimum Gasteiger partial charge on any atom is -0.320 e. The summed E-state index contributed by atoms with van der Waals surface area (Å²) in [5.74, 6) is 6.02. The van der Waals surface area contributed by atoms with E-state index in [0.717, 1.165) is 15.7 Å². The highest BCUT2D eigenvalue weighted by atomic mass is 19.4. The van der Waals surface area contributed by atoms with Crippen LogP contribution in [-0.2, 0) is 6.42 Å². The van der Waals surface area contributed by atoms with Crippen LogP contribution in [0.15, 0.2) is 48.9 Å². The summed E-state index contributed by atoms with van der Waals surface area (Å²) in [6.07, 6.45) is 1.08. The third-order valence-electron chi connectivity index (χ3n) is 5.14. The monoisotopic (exact) mass is 424 g/mol. The van der Waals surface area contributed by atoms with Crippen LogP contribution in [0, 0.1) is 18.8 Å². The van der Waals surface area contributed by atoms with E-state index in [2.05, 4.69) is 27.1 Å². The highest BCUT2D eigenvalue weighted by molar-refractivity contribution is 6.04. The van der Waals surface area contributed by atoms with E-state index in [4.69, 9.17) is 0 Å². The highest BCUT2D eigenvalue weighted by Gasteiger charge is 2.43. The first-order valence-corrected chi connectivity index (χ1v) is 9.80. The second-order valence-electron chi connectivity index (χ2n) is 7.37. The van der Waals surface area contributed by atoms with Gasteiger partial charge in [-0.3, -0.25) is 9.78 Å². The van der Waals surface area contributed by atoms with Gasteiger partial charge in [0.15, 0.2) is 5.82 Å². The van der Waals surface area contributed by atoms with Gasteiger partial charge in [0.05, 0.1) is 0 Å². The molecule has 1 N–H and O–H groups in total. The lowest BCUT2D eigenvalue weighted by Gasteiger charge is -2.26. The van der Waals surface area contributed by atoms with E-state index in [1.807, 2.05) is 13.0 Å². The van der Waals surface area contributed by atoms with E-state index in [1.165, 1.54) is 6.20 Å². The standard InChI is InChI=1S/C23H19F3N4O/c1-15-7-9-18(12-17(15)10-8-16-4-3-11-27-13-16)22(31)29-20-14-30-19(23(24,25)26)5-2-6-21(30)28-20/h3-4,7,9,11-14,19H,2,5-6H2,1H3,(H,29,31). The van der Waals surface area contributed by atoms with Gasteiger partial charge in [-0.05, 0) is 49.6 Å². The van der Waals surface area contributed by atoms with Crippen LogP contribution in [0.3, 0.4) is 0 Å². The number of halogens is 3. The number of benzene rings is 1. The van der Waals surface area contributed by atoms with Gasteiger partial charge in [0.1, 0.15) is 11.9 Å². The molecule has 0 saturated heterocycles. The molecule has 1 atom stereocenters. The molecule has 31 heavy (non-hydrogen) atoms. The molecule has 1 aliphatic rings. The predicted molar refractivity (Wildman–Crippen MR) is 110 cm³/mol. The SMILES string of the molecule is Cc1ccc(C(=O)Nc2cn3c(n2)CCCC3C(F)(F)F)cc1C#Cc1cccnc1. The smallest absolute Gasteiger partial charge is 0.320 e. The van der Waals surface area contributed by atoms with Crippen LogP contribution in [0.1, 0.15) is 51.8 Å². The van der Waals surface area contributed by atoms with Crippen molar-refractivity contribution in [3.63, 3.8) is 0 Å². The van der Waals surface area contributed by atoms with Gasteiger partial charge in [0.2, 0.25) is 0 Å². The van der Waals surface area contributed by atoms with Crippen LogP contribution < -0.4 is 5.32 Å². The van der Waals surface area contributed by atoms with E-state index in [0.29, 0.717) is 29.8 Å². The summed E-state index contributed by atoms with van der Waals surface area (Å²) in [7, 11) is 0. The molecule has 2 aromatic heterocycles. The third kappa shape index (κ3) is 4.61. The number of hydrogen-bond acceptors (Lipinski definition) is 3. The number of pyridine rings is 1. The second kappa shape index (κ2) is 8.26. The summed E-state index contributed by atoms with van der Waals surface area (Å²) in [5.41, 5.74) is 2.68. The van der Waals surface area contributed by atoms with Crippen molar-refractivity contribution >= 4 is 11.7 Å². The molecule has 3 heterocycles. The largest absolute Gasteiger partial charge is 0.409 e. The molecule has 3 aromatic rings. The predicted octanol–water partition coefficient (Wildman–Crippen LogP) is 4.68. The number of nitrogens with zero attached hydrogens (tertiary/aromatic N) is 3. The zero-order valence-corrected chi connectivity index (χ0v) is 16.7. The van der Waals surface area contributed by atoms with Crippen LogP contribution in [0.5, 0.6) is 0 Å². The Hall–Kier alpha value is -3.60. The number of aryl methyl sites for hydroxylation is 2. The molecule has 158 valence electrons. The molecule has 8 heteroatoms. The average molecular weight is 424 g/mol. The zero-order valence-electron chi connectivity index (χ0n) is 16.7. The molecule has 0 spiro atoms. The number of alkyl halides is 3. The van der Waals surface area contributed by atoms with Gasteiger partial charge < -0.3 is 9.88 Å². The molecule has 1 aliphatic heterocycles. The van der Waals surface area contributed by atoms with E-state index in [1.54, 1.807) is 36.7 Å². The maximum absolute atomic E-state index is 13.3. The number of nitrogens with one attached hydrogen (secondary N) is 1. The van der Waals surface area contributed by atoms with Crippen molar-refractivity contribution in [3.8, 4) is 11.8 Å². The Morgan fingerprint density at radius 2 is 2.10 bits per heavy atom. The van der Waals surface area contributed by atoms with Crippen molar-refractivity contribution in [2.45, 2.75) is 38.4 Å². The number of imidazole rings is 1. The molecule has 0 aliphatic carbocycles. The third-order valence-corrected chi connectivity index (χ3v) is 5.14. The molecule has 1 aromatic carbocycles. The number of hydrogen-bond donors (Lipinski definition) is 1. The highest BCUT2D eigenvalue weighted by Crippen LogP contribution is 2.38. The Bertz CT molecular complexity index is 1170. The van der Waals surface area contributed by atoms with Gasteiger partial charge in [-0.15, -0.1) is 0 Å². The molecule has 0 saturated carbocycles. The summed E-state index contributed by atoms with van der Waals surface area (Å²) in [6.45, 7) is 1.88. The first-order chi connectivity index (χ1) is 14.8. The molecule has 1 amide bonds. The van der Waals surface area contributed by atoms with Crippen molar-refractivity contribution in [1.82, 2.24) is 14.5 Å². The number of aromatic nitrogens is 3. The summed E-state index contributed by atoms with van der Waals surface area (Å²) >= 11 is 0. The summed E-state index contributed by atoms with van der Waals surface area (Å²) in [5, 5.41) is 2.61. The molecule has 0 radical (unpaired) electrons. The van der Waals surface area contributed by atoms with Crippen LogP contribution in [0.25, 0.3) is 0 Å². The number of rotatable bonds is 2. The fourth-order valence-corrected chi connectivity index (χ4v) is 3.52. The average Bonchev–Trinajstić information content (AvgIpc) is 3.15. The van der Waals surface area contributed by atoms with Gasteiger partial charge in [-0.1, -0.05) is 17.9 Å². The topological polar surface area (TPSA) is 59.8 Å². The van der Waals surface area contributed by atoms with Crippen molar-refractivity contribution in [3.05, 3.63) is 77.0 Å². The van der Waals surface area contributed by atoms with Crippen molar-refractivity contribution in [2.24, 2.45) is 0 Å². The number of carbonyl (C=O) groups is 1. The molecule has 0 bridgehead atoms. The lowest BCUT2D eigenvalue weighted by molar-refractivity contribution is -0.172. The number of anilines is 1. The van der Waals surface area contributed by atoms with Gasteiger partial charge in [0.25, 0.3) is 5.91 Å². The van der Waals surface area contributed by atoms with Crippen LogP contribution >= 0.6 is 0 Å². The summed E-state index contributed by atoms with van der Waals surface area (Å²) in [6, 6.07) is 7.09. The second-order valence-corrected chi connectivity index (χ2v) is 7.37. The van der Waals surface area contributed by atoms with E-state index in [9.17, 15) is 18.0 Å². The molecule has 1 unspecified atom stereocenters. The number of fused-ring (bicyclic) bond motifs is 1. The molecule has 0 fully saturated rings. The summed E-state index contributed by atoms with van der Waals surface area (Å²) in [4.78, 5) is 20.9. The maximum Gasteiger partial charge on any atom is 0.409 e. The van der Waals surface area contributed by atoms with Gasteiger partial charge in [-0.2, -0.15) is 13.2 Å². The minimum atomic E-state index is -4.35. The van der Waals surface area contributed by atoms with Crippen molar-refractivity contribution in [1.29, 1.82) is 0 Å². The Labute approximate surface area is 177 Å². The van der Waals surface area contributed by atoms with Crippen LogP contribution in [0.2, 0.25) is 0 Å². The van der Waals surface area contributed by atoms with E-state index in [-0.39, 0.29) is 12.2 Å². The zero-order chi connectivity index (χ0) is 22.0. The molecule has 4 rings (SSSR count). The van der Waals surface area contributed by atoms with Crippen LogP contribution in [0.4, 0.5) is 19.0 Å². The van der Waals surface area contributed by atoms with Gasteiger partial charge in [-0.25, -0.2) is 4.98 Å². The van der Waals surface area contributed by atoms with E-state index >= 15 is 0 Å². The Morgan fingerprint density at radius 1 is 1.26 bits per heavy atom. The normalized spacial score (nSPS) is 15.5. The molecule has 5 nitrogen and oxygen atoms in total. The van der Waals surface area contributed by atoms with Crippen molar-refractivity contribution < 1.29 is 18.0 Å². The lowest BCUT2D eigenvalue weighted by atomic mass is 10.0. The fourth-order valence-electron chi connectivity index (χ4n) is 3.52. The van der Waals surface area contributed by atoms with Gasteiger partial charge in [0, 0.05) is 41.7 Å². The van der Waals surface area contributed by atoms with Gasteiger partial charge >= 0.3 is 6.18 Å². The Morgan fingerprint density at radius 3 is 2.84 bits per heavy atom. The summed E-state index contributed by atoms with van der Waals surface area (Å²) < 4.78 is 41.0. The Kier molecular flexibility index (Phi) is 5.51. The fraction of sp³-hybridized carbons (Fsp3) is 0.261.